The number of amides is 2. The zero-order chi connectivity index (χ0) is 17.2. The first kappa shape index (κ1) is 16.4. The van der Waals surface area contributed by atoms with Crippen LogP contribution in [0.25, 0.3) is 0 Å². The van der Waals surface area contributed by atoms with E-state index in [4.69, 9.17) is 9.47 Å². The molecule has 2 heterocycles. The second-order valence-corrected chi connectivity index (χ2v) is 6.73. The van der Waals surface area contributed by atoms with Crippen molar-refractivity contribution in [2.75, 3.05) is 56.2 Å². The van der Waals surface area contributed by atoms with Crippen molar-refractivity contribution >= 4 is 23.2 Å². The number of anilines is 2. The summed E-state index contributed by atoms with van der Waals surface area (Å²) in [7, 11) is 0. The molecule has 2 fully saturated rings. The van der Waals surface area contributed by atoms with Gasteiger partial charge in [0.15, 0.2) is 6.61 Å². The van der Waals surface area contributed by atoms with Gasteiger partial charge in [0.05, 0.1) is 18.9 Å². The van der Waals surface area contributed by atoms with E-state index in [1.54, 1.807) is 4.90 Å². The van der Waals surface area contributed by atoms with Crippen molar-refractivity contribution in [1.82, 2.24) is 4.90 Å². The first-order valence-electron chi connectivity index (χ1n) is 8.89. The van der Waals surface area contributed by atoms with Crippen LogP contribution in [0.4, 0.5) is 11.4 Å². The lowest BCUT2D eigenvalue weighted by molar-refractivity contribution is -0.121. The number of carbonyl (C=O) groups is 2. The van der Waals surface area contributed by atoms with E-state index in [-0.39, 0.29) is 24.3 Å². The highest BCUT2D eigenvalue weighted by molar-refractivity contribution is 5.99. The van der Waals surface area contributed by atoms with E-state index in [9.17, 15) is 9.59 Å². The lowest BCUT2D eigenvalue weighted by Crippen LogP contribution is -2.45. The van der Waals surface area contributed by atoms with Crippen molar-refractivity contribution in [2.24, 2.45) is 5.92 Å². The lowest BCUT2D eigenvalue weighted by atomic mass is 10.2. The number of fused-ring (bicyclic) bond motifs is 1. The first-order chi connectivity index (χ1) is 12.2. The molecule has 1 aliphatic carbocycles. The molecule has 3 aliphatic rings. The molecular weight excluding hydrogens is 322 g/mol. The summed E-state index contributed by atoms with van der Waals surface area (Å²) in [6, 6.07) is 5.50. The van der Waals surface area contributed by atoms with Crippen molar-refractivity contribution in [3.05, 3.63) is 18.2 Å². The molecule has 0 spiro atoms. The van der Waals surface area contributed by atoms with Gasteiger partial charge >= 0.3 is 0 Å². The Morgan fingerprint density at radius 2 is 2.00 bits per heavy atom. The Balaban J connectivity index is 1.44. The van der Waals surface area contributed by atoms with Crippen LogP contribution in [-0.4, -0.2) is 62.7 Å². The third kappa shape index (κ3) is 3.77. The topological polar surface area (TPSA) is 71.1 Å². The van der Waals surface area contributed by atoms with Gasteiger partial charge in [-0.3, -0.25) is 14.5 Å². The molecule has 2 amide bonds. The molecule has 0 unspecified atom stereocenters. The Morgan fingerprint density at radius 3 is 2.76 bits per heavy atom. The van der Waals surface area contributed by atoms with Gasteiger partial charge in [0.2, 0.25) is 5.91 Å². The van der Waals surface area contributed by atoms with Crippen LogP contribution in [0, 0.1) is 5.92 Å². The van der Waals surface area contributed by atoms with Gasteiger partial charge in [-0.2, -0.15) is 0 Å². The summed E-state index contributed by atoms with van der Waals surface area (Å²) in [5.74, 6) is 0.838. The molecule has 2 aliphatic heterocycles. The Labute approximate surface area is 146 Å². The molecule has 4 rings (SSSR count). The summed E-state index contributed by atoms with van der Waals surface area (Å²) in [6.45, 7) is 4.78. The minimum atomic E-state index is -0.0319. The van der Waals surface area contributed by atoms with E-state index in [0.29, 0.717) is 12.3 Å². The molecule has 25 heavy (non-hydrogen) atoms. The maximum Gasteiger partial charge on any atom is 0.265 e. The highest BCUT2D eigenvalue weighted by atomic mass is 16.5. The average molecular weight is 345 g/mol. The normalized spacial score (nSPS) is 20.8. The van der Waals surface area contributed by atoms with Crippen molar-refractivity contribution < 1.29 is 19.1 Å². The van der Waals surface area contributed by atoms with E-state index >= 15 is 0 Å². The van der Waals surface area contributed by atoms with Crippen LogP contribution in [0.5, 0.6) is 5.75 Å². The zero-order valence-corrected chi connectivity index (χ0v) is 14.2. The predicted octanol–water partition coefficient (Wildman–Crippen LogP) is 1.09. The van der Waals surface area contributed by atoms with Gasteiger partial charge in [-0.1, -0.05) is 0 Å². The summed E-state index contributed by atoms with van der Waals surface area (Å²) in [5, 5.41) is 2.92. The molecule has 1 N–H and O–H groups in total. The van der Waals surface area contributed by atoms with Gasteiger partial charge in [-0.25, -0.2) is 0 Å². The molecule has 1 saturated heterocycles. The number of nitrogens with zero attached hydrogens (tertiary/aromatic N) is 2. The number of morpholine rings is 1. The number of carbonyl (C=O) groups excluding carboxylic acids is 2. The molecule has 0 aromatic heterocycles. The summed E-state index contributed by atoms with van der Waals surface area (Å²) in [4.78, 5) is 28.3. The molecule has 134 valence electrons. The molecule has 7 heteroatoms. The number of hydrogen-bond acceptors (Lipinski definition) is 5. The van der Waals surface area contributed by atoms with E-state index < -0.39 is 0 Å². The van der Waals surface area contributed by atoms with Gasteiger partial charge in [-0.15, -0.1) is 0 Å². The summed E-state index contributed by atoms with van der Waals surface area (Å²) in [6.07, 6.45) is 1.94. The minimum absolute atomic E-state index is 0.0319. The summed E-state index contributed by atoms with van der Waals surface area (Å²) in [5.41, 5.74) is 1.49. The summed E-state index contributed by atoms with van der Waals surface area (Å²) < 4.78 is 10.9. The maximum atomic E-state index is 12.3. The van der Waals surface area contributed by atoms with Gasteiger partial charge in [0, 0.05) is 43.9 Å². The molecule has 1 aromatic rings. The Hall–Kier alpha value is -2.12. The Kier molecular flexibility index (Phi) is 4.59. The number of hydrogen-bond donors (Lipinski definition) is 1. The Morgan fingerprint density at radius 1 is 1.20 bits per heavy atom. The minimum Gasteiger partial charge on any atom is -0.481 e. The smallest absolute Gasteiger partial charge is 0.265 e. The Bertz CT molecular complexity index is 668. The second kappa shape index (κ2) is 7.01. The molecular formula is C18H23N3O4. The molecule has 0 bridgehead atoms. The molecule has 0 atom stereocenters. The van der Waals surface area contributed by atoms with Gasteiger partial charge in [0.25, 0.3) is 5.91 Å². The van der Waals surface area contributed by atoms with Crippen molar-refractivity contribution in [2.45, 2.75) is 12.8 Å². The first-order valence-corrected chi connectivity index (χ1v) is 8.89. The van der Waals surface area contributed by atoms with Crippen LogP contribution in [-0.2, 0) is 14.3 Å². The van der Waals surface area contributed by atoms with Crippen molar-refractivity contribution in [3.8, 4) is 5.75 Å². The van der Waals surface area contributed by atoms with Crippen LogP contribution in [0.2, 0.25) is 0 Å². The van der Waals surface area contributed by atoms with Gasteiger partial charge in [-0.05, 0) is 25.0 Å². The standard InChI is InChI=1S/C18H23N3O4/c22-17-12-25-16-11-14(19-18(23)13-1-2-13)3-4-15(16)21(17)6-5-20-7-9-24-10-8-20/h3-4,11,13H,1-2,5-10,12H2,(H,19,23). The van der Waals surface area contributed by atoms with Crippen LogP contribution >= 0.6 is 0 Å². The van der Waals surface area contributed by atoms with Crippen molar-refractivity contribution in [3.63, 3.8) is 0 Å². The van der Waals surface area contributed by atoms with E-state index in [2.05, 4.69) is 10.2 Å². The number of ether oxygens (including phenoxy) is 2. The number of rotatable bonds is 5. The molecule has 1 saturated carbocycles. The number of nitrogens with one attached hydrogen (secondary N) is 1. The largest absolute Gasteiger partial charge is 0.481 e. The molecule has 0 radical (unpaired) electrons. The average Bonchev–Trinajstić information content (AvgIpc) is 3.47. The fourth-order valence-corrected chi connectivity index (χ4v) is 3.18. The van der Waals surface area contributed by atoms with Crippen LogP contribution < -0.4 is 15.0 Å². The fraction of sp³-hybridized carbons (Fsp3) is 0.556. The third-order valence-corrected chi connectivity index (χ3v) is 4.86. The SMILES string of the molecule is O=C(Nc1ccc2c(c1)OCC(=O)N2CCN1CCOCC1)C1CC1. The maximum absolute atomic E-state index is 12.3. The van der Waals surface area contributed by atoms with E-state index in [1.165, 1.54) is 0 Å². The van der Waals surface area contributed by atoms with Crippen LogP contribution in [0.3, 0.4) is 0 Å². The quantitative estimate of drug-likeness (QED) is 0.865. The zero-order valence-electron chi connectivity index (χ0n) is 14.2. The number of benzene rings is 1. The monoisotopic (exact) mass is 345 g/mol. The third-order valence-electron chi connectivity index (χ3n) is 4.86. The highest BCUT2D eigenvalue weighted by Crippen LogP contribution is 2.36. The fourth-order valence-electron chi connectivity index (χ4n) is 3.18. The molecule has 1 aromatic carbocycles. The summed E-state index contributed by atoms with van der Waals surface area (Å²) >= 11 is 0. The van der Waals surface area contributed by atoms with E-state index in [1.807, 2.05) is 18.2 Å². The van der Waals surface area contributed by atoms with Crippen molar-refractivity contribution in [1.29, 1.82) is 0 Å². The lowest BCUT2D eigenvalue weighted by Gasteiger charge is -2.33. The van der Waals surface area contributed by atoms with E-state index in [0.717, 1.165) is 57.1 Å². The van der Waals surface area contributed by atoms with Crippen LogP contribution in [0.1, 0.15) is 12.8 Å². The van der Waals surface area contributed by atoms with Crippen LogP contribution in [0.15, 0.2) is 18.2 Å². The second-order valence-electron chi connectivity index (χ2n) is 6.73. The molecule has 7 nitrogen and oxygen atoms in total. The van der Waals surface area contributed by atoms with Gasteiger partial charge in [0.1, 0.15) is 5.75 Å². The van der Waals surface area contributed by atoms with Gasteiger partial charge < -0.3 is 19.7 Å². The highest BCUT2D eigenvalue weighted by Gasteiger charge is 2.30. The predicted molar refractivity (Wildman–Crippen MR) is 92.9 cm³/mol.